The highest BCUT2D eigenvalue weighted by Crippen LogP contribution is 2.33. The van der Waals surface area contributed by atoms with Crippen molar-refractivity contribution in [3.8, 4) is 22.1 Å². The fraction of sp³-hybridized carbons (Fsp3) is 0.250. The van der Waals surface area contributed by atoms with Gasteiger partial charge in [-0.3, -0.25) is 0 Å². The summed E-state index contributed by atoms with van der Waals surface area (Å²) in [6.45, 7) is -0.0379. The number of hydrogen-bond acceptors (Lipinski definition) is 5. The van der Waals surface area contributed by atoms with Crippen molar-refractivity contribution in [3.63, 3.8) is 0 Å². The van der Waals surface area contributed by atoms with Crippen LogP contribution in [-0.2, 0) is 6.61 Å². The number of hydrogen-bond donors (Lipinski definition) is 1. The van der Waals surface area contributed by atoms with E-state index in [2.05, 4.69) is 4.98 Å². The summed E-state index contributed by atoms with van der Waals surface area (Å²) >= 11 is 1.49. The third-order valence-electron chi connectivity index (χ3n) is 2.34. The molecular formula is C12H13NO3S. The van der Waals surface area contributed by atoms with Gasteiger partial charge in [0.25, 0.3) is 0 Å². The molecule has 2 rings (SSSR count). The molecule has 0 bridgehead atoms. The first-order valence-electron chi connectivity index (χ1n) is 5.06. The minimum absolute atomic E-state index is 0.0379. The van der Waals surface area contributed by atoms with Crippen LogP contribution in [0.1, 0.15) is 5.69 Å². The first-order chi connectivity index (χ1) is 8.28. The molecular weight excluding hydrogens is 238 g/mol. The number of aliphatic hydroxyl groups is 1. The van der Waals surface area contributed by atoms with E-state index in [9.17, 15) is 0 Å². The second kappa shape index (κ2) is 5.16. The highest BCUT2D eigenvalue weighted by atomic mass is 32.1. The van der Waals surface area contributed by atoms with Crippen LogP contribution >= 0.6 is 11.3 Å². The van der Waals surface area contributed by atoms with E-state index < -0.39 is 0 Å². The third kappa shape index (κ3) is 2.40. The van der Waals surface area contributed by atoms with Gasteiger partial charge in [-0.15, -0.1) is 11.3 Å². The van der Waals surface area contributed by atoms with Crippen LogP contribution < -0.4 is 9.47 Å². The van der Waals surface area contributed by atoms with E-state index >= 15 is 0 Å². The van der Waals surface area contributed by atoms with E-state index in [1.165, 1.54) is 11.3 Å². The number of ether oxygens (including phenoxy) is 2. The molecule has 0 fully saturated rings. The predicted octanol–water partition coefficient (Wildman–Crippen LogP) is 2.32. The van der Waals surface area contributed by atoms with Crippen LogP contribution in [-0.4, -0.2) is 24.3 Å². The zero-order chi connectivity index (χ0) is 12.3. The molecule has 90 valence electrons. The average molecular weight is 251 g/mol. The summed E-state index contributed by atoms with van der Waals surface area (Å²) in [5, 5.41) is 11.7. The lowest BCUT2D eigenvalue weighted by Crippen LogP contribution is -1.91. The number of rotatable bonds is 4. The third-order valence-corrected chi connectivity index (χ3v) is 3.28. The highest BCUT2D eigenvalue weighted by molar-refractivity contribution is 7.13. The summed E-state index contributed by atoms with van der Waals surface area (Å²) in [7, 11) is 3.20. The van der Waals surface area contributed by atoms with Crippen molar-refractivity contribution in [2.45, 2.75) is 6.61 Å². The monoisotopic (exact) mass is 251 g/mol. The summed E-state index contributed by atoms with van der Waals surface area (Å²) in [6.07, 6.45) is 0. The summed E-state index contributed by atoms with van der Waals surface area (Å²) in [6, 6.07) is 5.63. The van der Waals surface area contributed by atoms with Crippen LogP contribution in [0.15, 0.2) is 23.6 Å². The van der Waals surface area contributed by atoms with Crippen molar-refractivity contribution in [2.24, 2.45) is 0 Å². The molecule has 0 aliphatic heterocycles. The van der Waals surface area contributed by atoms with Crippen LogP contribution in [0, 0.1) is 0 Å². The first kappa shape index (κ1) is 11.9. The Kier molecular flexibility index (Phi) is 3.61. The molecule has 2 aromatic rings. The molecule has 0 radical (unpaired) electrons. The fourth-order valence-corrected chi connectivity index (χ4v) is 2.29. The van der Waals surface area contributed by atoms with Crippen molar-refractivity contribution in [1.82, 2.24) is 4.98 Å². The zero-order valence-corrected chi connectivity index (χ0v) is 10.5. The molecule has 1 N–H and O–H groups in total. The van der Waals surface area contributed by atoms with Gasteiger partial charge in [0.2, 0.25) is 0 Å². The Bertz CT molecular complexity index is 510. The number of thiazole rings is 1. The van der Waals surface area contributed by atoms with Crippen molar-refractivity contribution >= 4 is 11.3 Å². The molecule has 0 atom stereocenters. The van der Waals surface area contributed by atoms with E-state index in [1.807, 2.05) is 23.6 Å². The van der Waals surface area contributed by atoms with Gasteiger partial charge in [-0.1, -0.05) is 0 Å². The molecule has 1 aromatic carbocycles. The summed E-state index contributed by atoms with van der Waals surface area (Å²) in [4.78, 5) is 4.30. The number of methoxy groups -OCH3 is 2. The Morgan fingerprint density at radius 1 is 1.24 bits per heavy atom. The Hall–Kier alpha value is -1.59. The topological polar surface area (TPSA) is 51.6 Å². The van der Waals surface area contributed by atoms with Crippen molar-refractivity contribution in [2.75, 3.05) is 14.2 Å². The van der Waals surface area contributed by atoms with Gasteiger partial charge in [-0.2, -0.15) is 0 Å². The molecule has 17 heavy (non-hydrogen) atoms. The van der Waals surface area contributed by atoms with Gasteiger partial charge in [-0.05, 0) is 18.2 Å². The van der Waals surface area contributed by atoms with E-state index in [4.69, 9.17) is 14.6 Å². The van der Waals surface area contributed by atoms with Crippen LogP contribution in [0.3, 0.4) is 0 Å². The van der Waals surface area contributed by atoms with Crippen LogP contribution in [0.4, 0.5) is 0 Å². The second-order valence-electron chi connectivity index (χ2n) is 3.37. The Morgan fingerprint density at radius 2 is 2.00 bits per heavy atom. The zero-order valence-electron chi connectivity index (χ0n) is 9.64. The molecule has 0 unspecified atom stereocenters. The maximum absolute atomic E-state index is 8.98. The maximum atomic E-state index is 8.98. The van der Waals surface area contributed by atoms with Crippen molar-refractivity contribution in [1.29, 1.82) is 0 Å². The second-order valence-corrected chi connectivity index (χ2v) is 4.23. The highest BCUT2D eigenvalue weighted by Gasteiger charge is 2.09. The first-order valence-corrected chi connectivity index (χ1v) is 5.94. The van der Waals surface area contributed by atoms with Crippen LogP contribution in [0.5, 0.6) is 11.5 Å². The average Bonchev–Trinajstić information content (AvgIpc) is 2.86. The molecule has 5 heteroatoms. The lowest BCUT2D eigenvalue weighted by atomic mass is 10.2. The Morgan fingerprint density at radius 3 is 2.59 bits per heavy atom. The maximum Gasteiger partial charge on any atom is 0.161 e. The van der Waals surface area contributed by atoms with Gasteiger partial charge in [0, 0.05) is 10.9 Å². The fourth-order valence-electron chi connectivity index (χ4n) is 1.48. The minimum atomic E-state index is -0.0379. The number of benzene rings is 1. The van der Waals surface area contributed by atoms with Gasteiger partial charge in [0.15, 0.2) is 11.5 Å². The molecule has 1 heterocycles. The Labute approximate surface area is 103 Å². The molecule has 0 aliphatic rings. The quantitative estimate of drug-likeness (QED) is 0.906. The molecule has 0 aliphatic carbocycles. The van der Waals surface area contributed by atoms with Gasteiger partial charge in [0.1, 0.15) is 5.01 Å². The largest absolute Gasteiger partial charge is 0.493 e. The standard InChI is InChI=1S/C12H13NO3S/c1-15-10-4-3-8(5-11(10)16-2)12-13-9(6-14)7-17-12/h3-5,7,14H,6H2,1-2H3. The number of nitrogens with zero attached hydrogens (tertiary/aromatic N) is 1. The summed E-state index contributed by atoms with van der Waals surface area (Å²) in [5.74, 6) is 1.36. The normalized spacial score (nSPS) is 10.3. The molecule has 0 amide bonds. The molecule has 0 saturated heterocycles. The van der Waals surface area contributed by atoms with Gasteiger partial charge in [-0.25, -0.2) is 4.98 Å². The predicted molar refractivity (Wildman–Crippen MR) is 66.6 cm³/mol. The van der Waals surface area contributed by atoms with Crippen LogP contribution in [0.25, 0.3) is 10.6 Å². The number of aliphatic hydroxyl groups excluding tert-OH is 1. The van der Waals surface area contributed by atoms with E-state index in [0.29, 0.717) is 17.2 Å². The van der Waals surface area contributed by atoms with Gasteiger partial charge in [0.05, 0.1) is 26.5 Å². The van der Waals surface area contributed by atoms with E-state index in [0.717, 1.165) is 10.6 Å². The lowest BCUT2D eigenvalue weighted by Gasteiger charge is -2.08. The van der Waals surface area contributed by atoms with E-state index in [-0.39, 0.29) is 6.61 Å². The van der Waals surface area contributed by atoms with Gasteiger partial charge >= 0.3 is 0 Å². The number of aromatic nitrogens is 1. The molecule has 1 aromatic heterocycles. The van der Waals surface area contributed by atoms with Crippen LogP contribution in [0.2, 0.25) is 0 Å². The summed E-state index contributed by atoms with van der Waals surface area (Å²) < 4.78 is 10.4. The van der Waals surface area contributed by atoms with Crippen molar-refractivity contribution < 1.29 is 14.6 Å². The summed E-state index contributed by atoms with van der Waals surface area (Å²) in [5.41, 5.74) is 1.63. The Balaban J connectivity index is 2.38. The minimum Gasteiger partial charge on any atom is -0.493 e. The lowest BCUT2D eigenvalue weighted by molar-refractivity contribution is 0.278. The van der Waals surface area contributed by atoms with Crippen molar-refractivity contribution in [3.05, 3.63) is 29.3 Å². The van der Waals surface area contributed by atoms with Gasteiger partial charge < -0.3 is 14.6 Å². The molecule has 0 saturated carbocycles. The smallest absolute Gasteiger partial charge is 0.161 e. The molecule has 4 nitrogen and oxygen atoms in total. The SMILES string of the molecule is COc1ccc(-c2nc(CO)cs2)cc1OC. The van der Waals surface area contributed by atoms with E-state index in [1.54, 1.807) is 14.2 Å². The molecule has 0 spiro atoms.